The number of fused-ring (bicyclic) bond motifs is 2. The van der Waals surface area contributed by atoms with Crippen LogP contribution in [0.5, 0.6) is 5.75 Å². The minimum atomic E-state index is 0.634. The number of nitrogens with one attached hydrogen (secondary N) is 1. The molecule has 136 valence electrons. The molecule has 1 aromatic heterocycles. The van der Waals surface area contributed by atoms with Crippen LogP contribution in [0.1, 0.15) is 24.3 Å². The molecule has 0 aliphatic carbocycles. The fraction of sp³-hybridized carbons (Fsp3) is 0.250. The fourth-order valence-electron chi connectivity index (χ4n) is 4.29. The number of aromatic nitrogens is 1. The first-order chi connectivity index (χ1) is 13.4. The van der Waals surface area contributed by atoms with E-state index in [0.717, 1.165) is 18.8 Å². The normalized spacial score (nSPS) is 16.1. The number of aromatic amines is 1. The van der Waals surface area contributed by atoms with Crippen LogP contribution in [-0.4, -0.2) is 29.7 Å². The Morgan fingerprint density at radius 2 is 1.59 bits per heavy atom. The molecule has 0 unspecified atom stereocenters. The van der Waals surface area contributed by atoms with Gasteiger partial charge in [-0.1, -0.05) is 54.6 Å². The zero-order valence-corrected chi connectivity index (χ0v) is 15.4. The molecule has 2 heterocycles. The highest BCUT2D eigenvalue weighted by atomic mass is 16.5. The highest BCUT2D eigenvalue weighted by Crippen LogP contribution is 2.33. The van der Waals surface area contributed by atoms with Crippen molar-refractivity contribution in [3.63, 3.8) is 0 Å². The van der Waals surface area contributed by atoms with Crippen LogP contribution in [-0.2, 0) is 0 Å². The van der Waals surface area contributed by atoms with Crippen molar-refractivity contribution in [2.75, 3.05) is 19.8 Å². The molecule has 0 amide bonds. The standard InChI is InChI=1S/C24H24N2O/c1-2-8-20-18(6-1)7-5-11-24(20)27-17-26-14-12-19(13-15-26)22-16-25-23-10-4-3-9-21(22)23/h1-11,16,19,25H,12-15,17H2. The molecule has 1 aliphatic rings. The molecule has 1 aliphatic heterocycles. The number of rotatable bonds is 4. The zero-order valence-electron chi connectivity index (χ0n) is 15.4. The number of piperidine rings is 1. The fourth-order valence-corrected chi connectivity index (χ4v) is 4.29. The maximum absolute atomic E-state index is 6.17. The van der Waals surface area contributed by atoms with Crippen LogP contribution in [0.2, 0.25) is 0 Å². The lowest BCUT2D eigenvalue weighted by Gasteiger charge is -2.31. The van der Waals surface area contributed by atoms with E-state index in [1.807, 2.05) is 0 Å². The van der Waals surface area contributed by atoms with Gasteiger partial charge in [0.05, 0.1) is 0 Å². The van der Waals surface area contributed by atoms with Gasteiger partial charge in [-0.15, -0.1) is 0 Å². The second-order valence-electron chi connectivity index (χ2n) is 7.43. The first-order valence-electron chi connectivity index (χ1n) is 9.77. The lowest BCUT2D eigenvalue weighted by Crippen LogP contribution is -2.35. The minimum Gasteiger partial charge on any atom is -0.477 e. The number of benzene rings is 3. The third kappa shape index (κ3) is 3.19. The predicted octanol–water partition coefficient (Wildman–Crippen LogP) is 5.54. The molecule has 0 atom stereocenters. The van der Waals surface area contributed by atoms with Gasteiger partial charge in [0, 0.05) is 35.6 Å². The number of H-pyrrole nitrogens is 1. The van der Waals surface area contributed by atoms with E-state index in [2.05, 4.69) is 82.8 Å². The molecule has 27 heavy (non-hydrogen) atoms. The van der Waals surface area contributed by atoms with Gasteiger partial charge in [0.2, 0.25) is 0 Å². The van der Waals surface area contributed by atoms with Gasteiger partial charge >= 0.3 is 0 Å². The summed E-state index contributed by atoms with van der Waals surface area (Å²) in [5, 5.41) is 3.80. The van der Waals surface area contributed by atoms with Crippen molar-refractivity contribution in [2.24, 2.45) is 0 Å². The summed E-state index contributed by atoms with van der Waals surface area (Å²) in [5.41, 5.74) is 2.72. The Balaban J connectivity index is 1.23. The maximum atomic E-state index is 6.17. The van der Waals surface area contributed by atoms with E-state index in [9.17, 15) is 0 Å². The predicted molar refractivity (Wildman–Crippen MR) is 111 cm³/mol. The molecule has 1 saturated heterocycles. The number of likely N-dealkylation sites (tertiary alicyclic amines) is 1. The summed E-state index contributed by atoms with van der Waals surface area (Å²) in [6.45, 7) is 2.82. The van der Waals surface area contributed by atoms with Crippen LogP contribution in [0.15, 0.2) is 72.9 Å². The molecule has 0 radical (unpaired) electrons. The number of para-hydroxylation sites is 1. The summed E-state index contributed by atoms with van der Waals surface area (Å²) >= 11 is 0. The second-order valence-corrected chi connectivity index (χ2v) is 7.43. The molecular formula is C24H24N2O. The first kappa shape index (κ1) is 16.4. The smallest absolute Gasteiger partial charge is 0.142 e. The summed E-state index contributed by atoms with van der Waals surface area (Å²) < 4.78 is 6.17. The lowest BCUT2D eigenvalue weighted by atomic mass is 9.89. The highest BCUT2D eigenvalue weighted by molar-refractivity contribution is 5.88. The topological polar surface area (TPSA) is 28.3 Å². The molecule has 5 rings (SSSR count). The Bertz CT molecular complexity index is 1050. The van der Waals surface area contributed by atoms with Gasteiger partial charge in [-0.05, 0) is 41.8 Å². The van der Waals surface area contributed by atoms with Crippen LogP contribution in [0.4, 0.5) is 0 Å². The molecule has 3 heteroatoms. The molecule has 1 N–H and O–H groups in total. The monoisotopic (exact) mass is 356 g/mol. The molecule has 0 saturated carbocycles. The third-order valence-corrected chi connectivity index (χ3v) is 5.80. The third-order valence-electron chi connectivity index (χ3n) is 5.80. The Kier molecular flexibility index (Phi) is 4.30. The molecule has 4 aromatic rings. The van der Waals surface area contributed by atoms with Crippen molar-refractivity contribution >= 4 is 21.7 Å². The van der Waals surface area contributed by atoms with Gasteiger partial charge < -0.3 is 9.72 Å². The molecule has 0 bridgehead atoms. The van der Waals surface area contributed by atoms with E-state index in [1.54, 1.807) is 0 Å². The summed E-state index contributed by atoms with van der Waals surface area (Å²) in [5.74, 6) is 1.61. The second kappa shape index (κ2) is 7.09. The lowest BCUT2D eigenvalue weighted by molar-refractivity contribution is 0.101. The van der Waals surface area contributed by atoms with Crippen LogP contribution in [0, 0.1) is 0 Å². The number of ether oxygens (including phenoxy) is 1. The van der Waals surface area contributed by atoms with Gasteiger partial charge in [0.25, 0.3) is 0 Å². The van der Waals surface area contributed by atoms with Crippen molar-refractivity contribution in [1.29, 1.82) is 0 Å². The van der Waals surface area contributed by atoms with Gasteiger partial charge in [-0.2, -0.15) is 0 Å². The van der Waals surface area contributed by atoms with Crippen LogP contribution in [0.25, 0.3) is 21.7 Å². The maximum Gasteiger partial charge on any atom is 0.142 e. The Labute approximate surface area is 159 Å². The summed E-state index contributed by atoms with van der Waals surface area (Å²) in [6.07, 6.45) is 4.57. The average molecular weight is 356 g/mol. The van der Waals surface area contributed by atoms with E-state index >= 15 is 0 Å². The molecule has 3 nitrogen and oxygen atoms in total. The molecular weight excluding hydrogens is 332 g/mol. The van der Waals surface area contributed by atoms with Crippen molar-refractivity contribution < 1.29 is 4.74 Å². The quantitative estimate of drug-likeness (QED) is 0.520. The molecule has 0 spiro atoms. The molecule has 1 fully saturated rings. The molecule has 3 aromatic carbocycles. The van der Waals surface area contributed by atoms with E-state index in [0.29, 0.717) is 12.6 Å². The zero-order chi connectivity index (χ0) is 18.1. The minimum absolute atomic E-state index is 0.634. The van der Waals surface area contributed by atoms with Gasteiger partial charge in [-0.25, -0.2) is 0 Å². The summed E-state index contributed by atoms with van der Waals surface area (Å²) in [6, 6.07) is 23.3. The van der Waals surface area contributed by atoms with E-state index in [-0.39, 0.29) is 0 Å². The first-order valence-corrected chi connectivity index (χ1v) is 9.77. The van der Waals surface area contributed by atoms with Crippen LogP contribution in [0.3, 0.4) is 0 Å². The Morgan fingerprint density at radius 1 is 0.852 bits per heavy atom. The SMILES string of the molecule is c1ccc2c(OCN3CCC(c4c[nH]c5ccccc45)CC3)cccc2c1. The van der Waals surface area contributed by atoms with Crippen molar-refractivity contribution in [2.45, 2.75) is 18.8 Å². The van der Waals surface area contributed by atoms with Crippen molar-refractivity contribution in [3.05, 3.63) is 78.5 Å². The van der Waals surface area contributed by atoms with E-state index in [4.69, 9.17) is 4.74 Å². The van der Waals surface area contributed by atoms with E-state index in [1.165, 1.54) is 40.1 Å². The highest BCUT2D eigenvalue weighted by Gasteiger charge is 2.23. The van der Waals surface area contributed by atoms with Gasteiger partial charge in [-0.3, -0.25) is 4.90 Å². The van der Waals surface area contributed by atoms with Crippen molar-refractivity contribution in [1.82, 2.24) is 9.88 Å². The van der Waals surface area contributed by atoms with Crippen LogP contribution < -0.4 is 4.74 Å². The van der Waals surface area contributed by atoms with Crippen LogP contribution >= 0.6 is 0 Å². The Hall–Kier alpha value is -2.78. The largest absolute Gasteiger partial charge is 0.477 e. The Morgan fingerprint density at radius 3 is 2.48 bits per heavy atom. The summed E-state index contributed by atoms with van der Waals surface area (Å²) in [4.78, 5) is 5.85. The van der Waals surface area contributed by atoms with Crippen molar-refractivity contribution in [3.8, 4) is 5.75 Å². The number of hydrogen-bond donors (Lipinski definition) is 1. The van der Waals surface area contributed by atoms with Gasteiger partial charge in [0.1, 0.15) is 12.5 Å². The summed E-state index contributed by atoms with van der Waals surface area (Å²) in [7, 11) is 0. The number of hydrogen-bond acceptors (Lipinski definition) is 2. The van der Waals surface area contributed by atoms with E-state index < -0.39 is 0 Å². The number of nitrogens with zero attached hydrogens (tertiary/aromatic N) is 1. The average Bonchev–Trinajstić information content (AvgIpc) is 3.17. The van der Waals surface area contributed by atoms with Gasteiger partial charge in [0.15, 0.2) is 0 Å².